The molecule has 2 N–H and O–H groups in total. The number of hydrogen-bond donors (Lipinski definition) is 2. The molecule has 0 bridgehead atoms. The van der Waals surface area contributed by atoms with Gasteiger partial charge in [-0.2, -0.15) is 0 Å². The summed E-state index contributed by atoms with van der Waals surface area (Å²) in [4.78, 5) is 11.5. The second-order valence-electron chi connectivity index (χ2n) is 4.37. The van der Waals surface area contributed by atoms with Gasteiger partial charge in [-0.3, -0.25) is 4.79 Å². The van der Waals surface area contributed by atoms with Gasteiger partial charge in [-0.25, -0.2) is 0 Å². The average molecular weight is 272 g/mol. The molecule has 100 valence electrons. The van der Waals surface area contributed by atoms with E-state index in [9.17, 15) is 9.90 Å². The van der Waals surface area contributed by atoms with Crippen LogP contribution in [0.5, 0.6) is 5.75 Å². The van der Waals surface area contributed by atoms with Gasteiger partial charge in [0, 0.05) is 11.6 Å². The summed E-state index contributed by atoms with van der Waals surface area (Å²) in [6.07, 6.45) is 0.572. The third-order valence-electron chi connectivity index (χ3n) is 2.59. The standard InChI is InChI=1S/C13H18ClNO3/c1-3-13(2,17)9-15-12(16)8-18-11-6-4-5-10(14)7-11/h4-7,17H,3,8-9H2,1-2H3,(H,15,16). The van der Waals surface area contributed by atoms with Crippen molar-refractivity contribution >= 4 is 17.5 Å². The van der Waals surface area contributed by atoms with Crippen LogP contribution >= 0.6 is 11.6 Å². The molecular weight excluding hydrogens is 254 g/mol. The summed E-state index contributed by atoms with van der Waals surface area (Å²) in [6.45, 7) is 3.64. The molecular formula is C13H18ClNO3. The van der Waals surface area contributed by atoms with E-state index >= 15 is 0 Å². The highest BCUT2D eigenvalue weighted by Crippen LogP contribution is 2.16. The zero-order valence-corrected chi connectivity index (χ0v) is 11.3. The molecule has 0 aromatic heterocycles. The van der Waals surface area contributed by atoms with Crippen molar-refractivity contribution in [3.63, 3.8) is 0 Å². The topological polar surface area (TPSA) is 58.6 Å². The zero-order valence-electron chi connectivity index (χ0n) is 10.6. The Kier molecular flexibility index (Phi) is 5.44. The summed E-state index contributed by atoms with van der Waals surface area (Å²) < 4.78 is 5.27. The lowest BCUT2D eigenvalue weighted by Crippen LogP contribution is -2.41. The quantitative estimate of drug-likeness (QED) is 0.832. The highest BCUT2D eigenvalue weighted by molar-refractivity contribution is 6.30. The molecule has 4 nitrogen and oxygen atoms in total. The first-order valence-corrected chi connectivity index (χ1v) is 6.18. The third kappa shape index (κ3) is 5.38. The normalized spacial score (nSPS) is 13.8. The number of benzene rings is 1. The van der Waals surface area contributed by atoms with Gasteiger partial charge < -0.3 is 15.2 Å². The van der Waals surface area contributed by atoms with Crippen molar-refractivity contribution in [1.29, 1.82) is 0 Å². The molecule has 0 aliphatic heterocycles. The Morgan fingerprint density at radius 2 is 2.28 bits per heavy atom. The minimum atomic E-state index is -0.883. The Morgan fingerprint density at radius 3 is 2.89 bits per heavy atom. The first-order valence-electron chi connectivity index (χ1n) is 5.80. The average Bonchev–Trinajstić information content (AvgIpc) is 2.34. The van der Waals surface area contributed by atoms with Gasteiger partial charge in [0.15, 0.2) is 6.61 Å². The molecule has 1 rings (SSSR count). The largest absolute Gasteiger partial charge is 0.484 e. The Morgan fingerprint density at radius 1 is 1.56 bits per heavy atom. The molecule has 0 spiro atoms. The van der Waals surface area contributed by atoms with E-state index in [1.54, 1.807) is 31.2 Å². The maximum Gasteiger partial charge on any atom is 0.258 e. The molecule has 1 aromatic carbocycles. The van der Waals surface area contributed by atoms with Crippen molar-refractivity contribution < 1.29 is 14.6 Å². The maximum atomic E-state index is 11.5. The van der Waals surface area contributed by atoms with Gasteiger partial charge >= 0.3 is 0 Å². The van der Waals surface area contributed by atoms with Crippen molar-refractivity contribution in [2.45, 2.75) is 25.9 Å². The first kappa shape index (κ1) is 14.8. The van der Waals surface area contributed by atoms with Crippen LogP contribution in [0, 0.1) is 0 Å². The van der Waals surface area contributed by atoms with E-state index in [0.717, 1.165) is 0 Å². The van der Waals surface area contributed by atoms with Crippen LogP contribution in [0.25, 0.3) is 0 Å². The zero-order chi connectivity index (χ0) is 13.6. The van der Waals surface area contributed by atoms with Crippen LogP contribution in [0.2, 0.25) is 5.02 Å². The van der Waals surface area contributed by atoms with Crippen molar-refractivity contribution in [1.82, 2.24) is 5.32 Å². The van der Waals surface area contributed by atoms with Crippen LogP contribution in [-0.2, 0) is 4.79 Å². The van der Waals surface area contributed by atoms with Crippen LogP contribution in [0.1, 0.15) is 20.3 Å². The molecule has 1 atom stereocenters. The summed E-state index contributed by atoms with van der Waals surface area (Å²) in [6, 6.07) is 6.84. The second kappa shape index (κ2) is 6.61. The molecule has 1 aromatic rings. The molecule has 0 aliphatic rings. The van der Waals surface area contributed by atoms with Crippen molar-refractivity contribution in [3.05, 3.63) is 29.3 Å². The monoisotopic (exact) mass is 271 g/mol. The molecule has 1 unspecified atom stereocenters. The van der Waals surface area contributed by atoms with Gasteiger partial charge in [0.25, 0.3) is 5.91 Å². The number of rotatable bonds is 6. The fourth-order valence-electron chi connectivity index (χ4n) is 1.17. The Labute approximate surface area is 112 Å². The molecule has 0 aliphatic carbocycles. The van der Waals surface area contributed by atoms with Crippen molar-refractivity contribution in [2.75, 3.05) is 13.2 Å². The first-order chi connectivity index (χ1) is 8.43. The van der Waals surface area contributed by atoms with Crippen molar-refractivity contribution in [3.8, 4) is 5.75 Å². The summed E-state index contributed by atoms with van der Waals surface area (Å²) in [7, 11) is 0. The van der Waals surface area contributed by atoms with E-state index in [1.807, 2.05) is 6.92 Å². The lowest BCUT2D eigenvalue weighted by Gasteiger charge is -2.21. The Bertz CT molecular complexity index is 407. The smallest absolute Gasteiger partial charge is 0.258 e. The number of hydrogen-bond acceptors (Lipinski definition) is 3. The molecule has 0 heterocycles. The van der Waals surface area contributed by atoms with E-state index in [0.29, 0.717) is 17.2 Å². The van der Waals surface area contributed by atoms with E-state index in [2.05, 4.69) is 5.32 Å². The van der Waals surface area contributed by atoms with E-state index < -0.39 is 5.60 Å². The lowest BCUT2D eigenvalue weighted by molar-refractivity contribution is -0.124. The summed E-state index contributed by atoms with van der Waals surface area (Å²) in [5.41, 5.74) is -0.883. The van der Waals surface area contributed by atoms with E-state index in [4.69, 9.17) is 16.3 Å². The van der Waals surface area contributed by atoms with E-state index in [-0.39, 0.29) is 19.1 Å². The molecule has 0 saturated carbocycles. The van der Waals surface area contributed by atoms with Gasteiger partial charge in [-0.05, 0) is 31.5 Å². The van der Waals surface area contributed by atoms with Gasteiger partial charge in [-0.1, -0.05) is 24.6 Å². The second-order valence-corrected chi connectivity index (χ2v) is 4.81. The van der Waals surface area contributed by atoms with Crippen LogP contribution in [0.4, 0.5) is 0 Å². The van der Waals surface area contributed by atoms with Gasteiger partial charge in [0.2, 0.25) is 0 Å². The number of amides is 1. The van der Waals surface area contributed by atoms with Crippen LogP contribution in [0.15, 0.2) is 24.3 Å². The molecule has 18 heavy (non-hydrogen) atoms. The molecule has 1 amide bonds. The number of halogens is 1. The SMILES string of the molecule is CCC(C)(O)CNC(=O)COc1cccc(Cl)c1. The van der Waals surface area contributed by atoms with Crippen LogP contribution in [-0.4, -0.2) is 29.8 Å². The predicted octanol–water partition coefficient (Wildman–Crippen LogP) is 2.00. The Balaban J connectivity index is 2.34. The number of ether oxygens (including phenoxy) is 1. The minimum absolute atomic E-state index is 0.0971. The Hall–Kier alpha value is -1.26. The van der Waals surface area contributed by atoms with E-state index in [1.165, 1.54) is 0 Å². The number of carbonyl (C=O) groups excluding carboxylic acids is 1. The van der Waals surface area contributed by atoms with Gasteiger partial charge in [0.1, 0.15) is 5.75 Å². The summed E-state index contributed by atoms with van der Waals surface area (Å²) in [5, 5.41) is 12.9. The van der Waals surface area contributed by atoms with Crippen molar-refractivity contribution in [2.24, 2.45) is 0 Å². The predicted molar refractivity (Wildman–Crippen MR) is 70.9 cm³/mol. The highest BCUT2D eigenvalue weighted by atomic mass is 35.5. The molecule has 5 heteroatoms. The summed E-state index contributed by atoms with van der Waals surface area (Å²) >= 11 is 5.79. The van der Waals surface area contributed by atoms with Crippen LogP contribution < -0.4 is 10.1 Å². The molecule has 0 saturated heterocycles. The number of aliphatic hydroxyl groups is 1. The minimum Gasteiger partial charge on any atom is -0.484 e. The molecule has 0 fully saturated rings. The van der Waals surface area contributed by atoms with Gasteiger partial charge in [-0.15, -0.1) is 0 Å². The molecule has 0 radical (unpaired) electrons. The van der Waals surface area contributed by atoms with Gasteiger partial charge in [0.05, 0.1) is 5.60 Å². The third-order valence-corrected chi connectivity index (χ3v) is 2.83. The number of carbonyl (C=O) groups is 1. The maximum absolute atomic E-state index is 11.5. The van der Waals surface area contributed by atoms with Crippen LogP contribution in [0.3, 0.4) is 0 Å². The summed E-state index contributed by atoms with van der Waals surface area (Å²) in [5.74, 6) is 0.267. The highest BCUT2D eigenvalue weighted by Gasteiger charge is 2.18. The lowest BCUT2D eigenvalue weighted by atomic mass is 10.0. The fourth-order valence-corrected chi connectivity index (χ4v) is 1.35. The number of nitrogens with one attached hydrogen (secondary N) is 1. The fraction of sp³-hybridized carbons (Fsp3) is 0.462.